The van der Waals surface area contributed by atoms with Gasteiger partial charge in [-0.2, -0.15) is 0 Å². The Kier molecular flexibility index (Phi) is 4.09. The average Bonchev–Trinajstić information content (AvgIpc) is 2.89. The Morgan fingerprint density at radius 1 is 0.897 bits per heavy atom. The molecule has 2 aromatic rings. The summed E-state index contributed by atoms with van der Waals surface area (Å²) in [4.78, 5) is 43.1. The van der Waals surface area contributed by atoms with E-state index in [0.717, 1.165) is 30.4 Å². The van der Waals surface area contributed by atoms with Crippen LogP contribution in [0.3, 0.4) is 0 Å². The molecule has 5 rings (SSSR count). The molecule has 5 heteroatoms. The predicted molar refractivity (Wildman–Crippen MR) is 109 cm³/mol. The van der Waals surface area contributed by atoms with Crippen LogP contribution in [0, 0.1) is 6.92 Å². The highest BCUT2D eigenvalue weighted by Crippen LogP contribution is 2.41. The van der Waals surface area contributed by atoms with Crippen LogP contribution in [0.5, 0.6) is 0 Å². The lowest BCUT2D eigenvalue weighted by molar-refractivity contribution is -0.141. The number of hydrogen-bond donors (Lipinski definition) is 0. The van der Waals surface area contributed by atoms with Gasteiger partial charge in [0.15, 0.2) is 0 Å². The van der Waals surface area contributed by atoms with Crippen LogP contribution in [0.25, 0.3) is 0 Å². The van der Waals surface area contributed by atoms with E-state index in [1.807, 2.05) is 11.0 Å². The summed E-state index contributed by atoms with van der Waals surface area (Å²) in [5.41, 5.74) is 4.17. The van der Waals surface area contributed by atoms with Crippen molar-refractivity contribution in [1.29, 1.82) is 0 Å². The highest BCUT2D eigenvalue weighted by atomic mass is 16.2. The molecule has 5 nitrogen and oxygen atoms in total. The second-order valence-electron chi connectivity index (χ2n) is 8.49. The van der Waals surface area contributed by atoms with Gasteiger partial charge in [0.05, 0.1) is 17.2 Å². The number of carbonyl (C=O) groups excluding carboxylic acids is 3. The van der Waals surface area contributed by atoms with Crippen LogP contribution in [-0.4, -0.2) is 39.6 Å². The molecule has 0 unspecified atom stereocenters. The van der Waals surface area contributed by atoms with E-state index < -0.39 is 6.04 Å². The molecule has 3 aliphatic rings. The smallest absolute Gasteiger partial charge is 0.262 e. The first-order valence-corrected chi connectivity index (χ1v) is 10.4. The Labute approximate surface area is 170 Å². The SMILES string of the molecule is Cc1ccc2c(c1)[C@H]1CCC[C@@H](C)N1C(=O)[C@@H](N1C(=O)c3ccccc3C1=O)C2. The molecule has 0 N–H and O–H groups in total. The van der Waals surface area contributed by atoms with E-state index in [2.05, 4.69) is 26.0 Å². The molecule has 0 spiro atoms. The van der Waals surface area contributed by atoms with Gasteiger partial charge in [0, 0.05) is 12.5 Å². The summed E-state index contributed by atoms with van der Waals surface area (Å²) >= 11 is 0. The van der Waals surface area contributed by atoms with E-state index in [0.29, 0.717) is 17.5 Å². The maximum Gasteiger partial charge on any atom is 0.262 e. The van der Waals surface area contributed by atoms with Crippen LogP contribution in [0.2, 0.25) is 0 Å². The number of hydrogen-bond acceptors (Lipinski definition) is 3. The molecule has 3 atom stereocenters. The standard InChI is InChI=1S/C24H24N2O3/c1-14-10-11-16-13-21(26-22(27)17-7-3-4-8-18(17)23(26)28)24(29)25-15(2)6-5-9-20(25)19(16)12-14/h3-4,7-8,10-12,15,20-21H,5-6,9,13H2,1-2H3/t15-,20-,21+/m1/s1. The average molecular weight is 388 g/mol. The molecule has 29 heavy (non-hydrogen) atoms. The molecule has 148 valence electrons. The van der Waals surface area contributed by atoms with Gasteiger partial charge in [-0.15, -0.1) is 0 Å². The van der Waals surface area contributed by atoms with Crippen LogP contribution < -0.4 is 0 Å². The van der Waals surface area contributed by atoms with Crippen molar-refractivity contribution in [2.75, 3.05) is 0 Å². The van der Waals surface area contributed by atoms with Gasteiger partial charge in [-0.3, -0.25) is 19.3 Å². The lowest BCUT2D eigenvalue weighted by atomic mass is 9.89. The Hall–Kier alpha value is -2.95. The number of amides is 3. The molecule has 3 heterocycles. The zero-order valence-corrected chi connectivity index (χ0v) is 16.7. The molecule has 0 saturated carbocycles. The fourth-order valence-electron chi connectivity index (χ4n) is 5.24. The Balaban J connectivity index is 1.63. The topological polar surface area (TPSA) is 57.7 Å². The fourth-order valence-corrected chi connectivity index (χ4v) is 5.24. The molecule has 0 radical (unpaired) electrons. The minimum Gasteiger partial charge on any atom is -0.331 e. The van der Waals surface area contributed by atoms with Crippen molar-refractivity contribution in [3.8, 4) is 0 Å². The summed E-state index contributed by atoms with van der Waals surface area (Å²) in [6.07, 6.45) is 3.31. The Morgan fingerprint density at radius 3 is 2.28 bits per heavy atom. The molecular formula is C24H24N2O3. The first kappa shape index (κ1) is 18.1. The van der Waals surface area contributed by atoms with Gasteiger partial charge in [-0.25, -0.2) is 0 Å². The Bertz CT molecular complexity index is 1010. The van der Waals surface area contributed by atoms with E-state index in [1.165, 1.54) is 10.5 Å². The third-order valence-corrected chi connectivity index (χ3v) is 6.66. The summed E-state index contributed by atoms with van der Waals surface area (Å²) in [6, 6.07) is 12.4. The van der Waals surface area contributed by atoms with Gasteiger partial charge in [0.25, 0.3) is 11.8 Å². The zero-order valence-electron chi connectivity index (χ0n) is 16.7. The number of rotatable bonds is 1. The van der Waals surface area contributed by atoms with Gasteiger partial charge >= 0.3 is 0 Å². The predicted octanol–water partition coefficient (Wildman–Crippen LogP) is 3.66. The van der Waals surface area contributed by atoms with Crippen LogP contribution in [0.1, 0.15) is 69.6 Å². The van der Waals surface area contributed by atoms with E-state index in [1.54, 1.807) is 24.3 Å². The maximum atomic E-state index is 13.8. The number of nitrogens with zero attached hydrogens (tertiary/aromatic N) is 2. The minimum atomic E-state index is -0.797. The van der Waals surface area contributed by atoms with Crippen LogP contribution in [-0.2, 0) is 11.2 Å². The van der Waals surface area contributed by atoms with Gasteiger partial charge in [0.2, 0.25) is 5.91 Å². The van der Waals surface area contributed by atoms with Crippen molar-refractivity contribution in [1.82, 2.24) is 9.80 Å². The summed E-state index contributed by atoms with van der Waals surface area (Å²) in [6.45, 7) is 4.13. The highest BCUT2D eigenvalue weighted by Gasteiger charge is 2.48. The molecule has 1 saturated heterocycles. The van der Waals surface area contributed by atoms with E-state index in [4.69, 9.17) is 0 Å². The zero-order chi connectivity index (χ0) is 20.3. The van der Waals surface area contributed by atoms with E-state index >= 15 is 0 Å². The van der Waals surface area contributed by atoms with Crippen molar-refractivity contribution < 1.29 is 14.4 Å². The second-order valence-corrected chi connectivity index (χ2v) is 8.49. The fraction of sp³-hybridized carbons (Fsp3) is 0.375. The van der Waals surface area contributed by atoms with Crippen LogP contribution in [0.15, 0.2) is 42.5 Å². The summed E-state index contributed by atoms with van der Waals surface area (Å²) in [5.74, 6) is -0.827. The lowest BCUT2D eigenvalue weighted by Crippen LogP contribution is -2.54. The molecule has 3 amide bonds. The number of carbonyl (C=O) groups is 3. The molecule has 0 bridgehead atoms. The number of aryl methyl sites for hydroxylation is 1. The summed E-state index contributed by atoms with van der Waals surface area (Å²) < 4.78 is 0. The Morgan fingerprint density at radius 2 is 1.59 bits per heavy atom. The normalized spacial score (nSPS) is 26.1. The number of imide groups is 1. The highest BCUT2D eigenvalue weighted by molar-refractivity contribution is 6.22. The molecule has 1 fully saturated rings. The quantitative estimate of drug-likeness (QED) is 0.701. The minimum absolute atomic E-state index is 0.0151. The monoisotopic (exact) mass is 388 g/mol. The van der Waals surface area contributed by atoms with E-state index in [-0.39, 0.29) is 29.8 Å². The van der Waals surface area contributed by atoms with Crippen LogP contribution in [0.4, 0.5) is 0 Å². The van der Waals surface area contributed by atoms with Crippen molar-refractivity contribution in [3.05, 3.63) is 70.3 Å². The molecular weight excluding hydrogens is 364 g/mol. The third kappa shape index (κ3) is 2.64. The van der Waals surface area contributed by atoms with Crippen molar-refractivity contribution in [2.45, 2.75) is 57.7 Å². The first-order valence-electron chi connectivity index (χ1n) is 10.4. The maximum absolute atomic E-state index is 13.8. The largest absolute Gasteiger partial charge is 0.331 e. The van der Waals surface area contributed by atoms with Gasteiger partial charge in [-0.1, -0.05) is 35.9 Å². The number of piperidine rings is 1. The van der Waals surface area contributed by atoms with Crippen molar-refractivity contribution in [3.63, 3.8) is 0 Å². The van der Waals surface area contributed by atoms with Crippen molar-refractivity contribution in [2.24, 2.45) is 0 Å². The van der Waals surface area contributed by atoms with Crippen LogP contribution >= 0.6 is 0 Å². The summed E-state index contributed by atoms with van der Waals surface area (Å²) in [7, 11) is 0. The number of benzene rings is 2. The molecule has 2 aromatic carbocycles. The molecule has 0 aliphatic carbocycles. The summed E-state index contributed by atoms with van der Waals surface area (Å²) in [5, 5.41) is 0. The molecule has 0 aromatic heterocycles. The number of fused-ring (bicyclic) bond motifs is 4. The first-order chi connectivity index (χ1) is 14.0. The van der Waals surface area contributed by atoms with Gasteiger partial charge in [-0.05, 0) is 56.4 Å². The van der Waals surface area contributed by atoms with Gasteiger partial charge in [0.1, 0.15) is 6.04 Å². The van der Waals surface area contributed by atoms with Crippen molar-refractivity contribution >= 4 is 17.7 Å². The lowest BCUT2D eigenvalue weighted by Gasteiger charge is -2.42. The van der Waals surface area contributed by atoms with Gasteiger partial charge < -0.3 is 4.90 Å². The second kappa shape index (κ2) is 6.55. The molecule has 3 aliphatic heterocycles. The van der Waals surface area contributed by atoms with E-state index in [9.17, 15) is 14.4 Å². The third-order valence-electron chi connectivity index (χ3n) is 6.66.